The zero-order valence-corrected chi connectivity index (χ0v) is 12.0. The van der Waals surface area contributed by atoms with Gasteiger partial charge in [0.15, 0.2) is 0 Å². The highest BCUT2D eigenvalue weighted by molar-refractivity contribution is 9.10. The second-order valence-corrected chi connectivity index (χ2v) is 6.09. The molecule has 0 saturated heterocycles. The summed E-state index contributed by atoms with van der Waals surface area (Å²) in [6, 6.07) is 3.67. The summed E-state index contributed by atoms with van der Waals surface area (Å²) in [4.78, 5) is 11.4. The van der Waals surface area contributed by atoms with Crippen LogP contribution >= 0.6 is 15.9 Å². The molecule has 0 bridgehead atoms. The molecule has 1 aromatic rings. The highest BCUT2D eigenvalue weighted by Crippen LogP contribution is 2.34. The van der Waals surface area contributed by atoms with Crippen molar-refractivity contribution in [3.05, 3.63) is 34.9 Å². The maximum atomic E-state index is 12.7. The van der Waals surface area contributed by atoms with Crippen molar-refractivity contribution in [2.45, 2.75) is 37.2 Å². The van der Waals surface area contributed by atoms with Crippen LogP contribution in [0.1, 0.15) is 29.5 Å². The van der Waals surface area contributed by atoms with E-state index in [4.69, 9.17) is 0 Å². The zero-order valence-electron chi connectivity index (χ0n) is 10.4. The number of aryl methyl sites for hydroxylation is 1. The number of alkyl halides is 4. The van der Waals surface area contributed by atoms with Gasteiger partial charge in [-0.1, -0.05) is 22.0 Å². The highest BCUT2D eigenvalue weighted by atomic mass is 79.9. The molecule has 19 heavy (non-hydrogen) atoms. The van der Waals surface area contributed by atoms with Crippen LogP contribution in [-0.4, -0.2) is 10.6 Å². The normalized spacial score (nSPS) is 17.3. The second kappa shape index (κ2) is 5.27. The molecule has 1 atom stereocenters. The Hall–Kier alpha value is -0.840. The first kappa shape index (κ1) is 14.6. The number of ketones is 1. The maximum absolute atomic E-state index is 12.7. The fraction of sp³-hybridized carbons (Fsp3) is 0.500. The van der Waals surface area contributed by atoms with Gasteiger partial charge in [0.25, 0.3) is 0 Å². The number of hydrogen-bond acceptors (Lipinski definition) is 1. The molecule has 0 aliphatic heterocycles. The van der Waals surface area contributed by atoms with Crippen LogP contribution in [0.15, 0.2) is 18.2 Å². The Balaban J connectivity index is 2.16. The predicted molar refractivity (Wildman–Crippen MR) is 70.3 cm³/mol. The largest absolute Gasteiger partial charge is 0.416 e. The summed E-state index contributed by atoms with van der Waals surface area (Å²) in [7, 11) is 0. The molecule has 1 saturated carbocycles. The van der Waals surface area contributed by atoms with E-state index in [0.29, 0.717) is 12.0 Å². The molecule has 1 unspecified atom stereocenters. The summed E-state index contributed by atoms with van der Waals surface area (Å²) >= 11 is 3.30. The Morgan fingerprint density at radius 1 is 1.42 bits per heavy atom. The van der Waals surface area contributed by atoms with Crippen molar-refractivity contribution in [2.24, 2.45) is 5.92 Å². The van der Waals surface area contributed by atoms with Crippen molar-refractivity contribution >= 4 is 21.7 Å². The third kappa shape index (κ3) is 3.59. The molecule has 2 rings (SSSR count). The Labute approximate surface area is 118 Å². The summed E-state index contributed by atoms with van der Waals surface area (Å²) in [5, 5.41) is 0. The van der Waals surface area contributed by atoms with E-state index in [9.17, 15) is 18.0 Å². The summed E-state index contributed by atoms with van der Waals surface area (Å²) in [5.74, 6) is 0.215. The molecule has 1 aliphatic rings. The first-order chi connectivity index (χ1) is 8.79. The average molecular weight is 335 g/mol. The van der Waals surface area contributed by atoms with Crippen LogP contribution in [-0.2, 0) is 17.4 Å². The predicted octanol–water partition coefficient (Wildman–Crippen LogP) is 4.30. The Morgan fingerprint density at radius 3 is 2.58 bits per heavy atom. The third-order valence-electron chi connectivity index (χ3n) is 3.36. The number of benzene rings is 1. The lowest BCUT2D eigenvalue weighted by atomic mass is 9.98. The monoisotopic (exact) mass is 334 g/mol. The van der Waals surface area contributed by atoms with E-state index in [0.717, 1.165) is 30.5 Å². The molecular weight excluding hydrogens is 321 g/mol. The minimum atomic E-state index is -4.34. The molecule has 1 nitrogen and oxygen atoms in total. The van der Waals surface area contributed by atoms with Crippen LogP contribution in [0.5, 0.6) is 0 Å². The lowest BCUT2D eigenvalue weighted by molar-refractivity contribution is -0.137. The van der Waals surface area contributed by atoms with E-state index in [2.05, 4.69) is 15.9 Å². The summed E-state index contributed by atoms with van der Waals surface area (Å²) in [6.45, 7) is 1.76. The fourth-order valence-electron chi connectivity index (χ4n) is 1.98. The van der Waals surface area contributed by atoms with E-state index in [1.54, 1.807) is 6.92 Å². The quantitative estimate of drug-likeness (QED) is 0.750. The first-order valence-corrected chi connectivity index (χ1v) is 7.05. The van der Waals surface area contributed by atoms with Gasteiger partial charge in [-0.25, -0.2) is 0 Å². The van der Waals surface area contributed by atoms with Crippen molar-refractivity contribution in [1.29, 1.82) is 0 Å². The summed E-state index contributed by atoms with van der Waals surface area (Å²) in [6.07, 6.45) is -2.22. The van der Waals surface area contributed by atoms with Crippen LogP contribution in [0.4, 0.5) is 13.2 Å². The van der Waals surface area contributed by atoms with Gasteiger partial charge in [-0.15, -0.1) is 0 Å². The molecular formula is C14H14BrF3O. The van der Waals surface area contributed by atoms with Gasteiger partial charge in [-0.3, -0.25) is 4.79 Å². The smallest absolute Gasteiger partial charge is 0.298 e. The first-order valence-electron chi connectivity index (χ1n) is 6.13. The van der Waals surface area contributed by atoms with E-state index in [-0.39, 0.29) is 16.5 Å². The molecule has 0 N–H and O–H groups in total. The van der Waals surface area contributed by atoms with Gasteiger partial charge < -0.3 is 0 Å². The Kier molecular flexibility index (Phi) is 4.04. The number of carbonyl (C=O) groups is 1. The maximum Gasteiger partial charge on any atom is 0.416 e. The van der Waals surface area contributed by atoms with Gasteiger partial charge in [-0.05, 0) is 49.4 Å². The molecule has 5 heteroatoms. The molecule has 1 aliphatic carbocycles. The van der Waals surface area contributed by atoms with E-state index in [1.165, 1.54) is 6.07 Å². The van der Waals surface area contributed by atoms with Crippen molar-refractivity contribution in [3.63, 3.8) is 0 Å². The highest BCUT2D eigenvalue weighted by Gasteiger charge is 2.34. The number of rotatable bonds is 4. The zero-order chi connectivity index (χ0) is 14.2. The van der Waals surface area contributed by atoms with Crippen LogP contribution in [0.25, 0.3) is 0 Å². The van der Waals surface area contributed by atoms with Gasteiger partial charge in [0.1, 0.15) is 5.78 Å². The van der Waals surface area contributed by atoms with E-state index < -0.39 is 11.7 Å². The van der Waals surface area contributed by atoms with Crippen LogP contribution in [0.3, 0.4) is 0 Å². The molecule has 0 aromatic heterocycles. The molecule has 0 amide bonds. The fourth-order valence-corrected chi connectivity index (χ4v) is 2.71. The number of halogens is 4. The minimum Gasteiger partial charge on any atom is -0.298 e. The molecule has 0 radical (unpaired) electrons. The van der Waals surface area contributed by atoms with Crippen LogP contribution in [0, 0.1) is 12.8 Å². The molecule has 1 aromatic carbocycles. The molecule has 1 fully saturated rings. The SMILES string of the molecule is Cc1ccc(C(F)(F)F)cc1CC(Br)C(=O)C1CC1. The molecule has 0 spiro atoms. The minimum absolute atomic E-state index is 0.107. The topological polar surface area (TPSA) is 17.1 Å². The van der Waals surface area contributed by atoms with Gasteiger partial charge in [0.2, 0.25) is 0 Å². The van der Waals surface area contributed by atoms with Crippen LogP contribution < -0.4 is 0 Å². The van der Waals surface area contributed by atoms with E-state index in [1.807, 2.05) is 0 Å². The van der Waals surface area contributed by atoms with Crippen molar-refractivity contribution in [3.8, 4) is 0 Å². The van der Waals surface area contributed by atoms with Gasteiger partial charge in [-0.2, -0.15) is 13.2 Å². The standard InChI is InChI=1S/C14H14BrF3O/c1-8-2-5-11(14(16,17)18)6-10(8)7-12(15)13(19)9-3-4-9/h2,5-6,9,12H,3-4,7H2,1H3. The van der Waals surface area contributed by atoms with Crippen molar-refractivity contribution in [1.82, 2.24) is 0 Å². The lowest BCUT2D eigenvalue weighted by Crippen LogP contribution is -2.19. The number of Topliss-reactive ketones (excluding diaryl/α,β-unsaturated/α-hetero) is 1. The number of carbonyl (C=O) groups excluding carboxylic acids is 1. The summed E-state index contributed by atoms with van der Waals surface area (Å²) < 4.78 is 38.0. The molecule has 0 heterocycles. The van der Waals surface area contributed by atoms with E-state index >= 15 is 0 Å². The van der Waals surface area contributed by atoms with Crippen LogP contribution in [0.2, 0.25) is 0 Å². The average Bonchev–Trinajstić information content (AvgIpc) is 3.13. The van der Waals surface area contributed by atoms with Crippen molar-refractivity contribution in [2.75, 3.05) is 0 Å². The number of hydrogen-bond donors (Lipinski definition) is 0. The molecule has 104 valence electrons. The van der Waals surface area contributed by atoms with Gasteiger partial charge in [0.05, 0.1) is 10.4 Å². The van der Waals surface area contributed by atoms with Gasteiger partial charge in [0, 0.05) is 5.92 Å². The lowest BCUT2D eigenvalue weighted by Gasteiger charge is -2.14. The Bertz CT molecular complexity index is 492. The second-order valence-electron chi connectivity index (χ2n) is 4.99. The summed E-state index contributed by atoms with van der Waals surface area (Å²) in [5.41, 5.74) is 0.693. The van der Waals surface area contributed by atoms with Crippen molar-refractivity contribution < 1.29 is 18.0 Å². The Morgan fingerprint density at radius 2 is 2.05 bits per heavy atom. The third-order valence-corrected chi connectivity index (χ3v) is 4.14. The van der Waals surface area contributed by atoms with Gasteiger partial charge >= 0.3 is 6.18 Å².